The molecule has 1 aliphatic carbocycles. The van der Waals surface area contributed by atoms with Gasteiger partial charge in [-0.2, -0.15) is 11.8 Å². The van der Waals surface area contributed by atoms with Crippen molar-refractivity contribution in [1.82, 2.24) is 5.32 Å². The monoisotopic (exact) mass is 306 g/mol. The summed E-state index contributed by atoms with van der Waals surface area (Å²) >= 11 is 1.89. The molecule has 2 rings (SSSR count). The summed E-state index contributed by atoms with van der Waals surface area (Å²) in [6, 6.07) is 9.77. The van der Waals surface area contributed by atoms with Crippen LogP contribution in [0.15, 0.2) is 30.3 Å². The molecule has 1 saturated carbocycles. The van der Waals surface area contributed by atoms with E-state index < -0.39 is 6.04 Å². The molecule has 0 saturated heterocycles. The molecule has 0 heterocycles. The molecule has 0 bridgehead atoms. The Kier molecular flexibility index (Phi) is 6.12. The Bertz CT molecular complexity index is 443. The van der Waals surface area contributed by atoms with E-state index in [-0.39, 0.29) is 10.7 Å². The highest BCUT2D eigenvalue weighted by atomic mass is 32.2. The Morgan fingerprint density at radius 3 is 2.62 bits per heavy atom. The van der Waals surface area contributed by atoms with Crippen LogP contribution in [0.3, 0.4) is 0 Å². The average molecular weight is 306 g/mol. The maximum Gasteiger partial charge on any atom is 0.236 e. The molecule has 0 unspecified atom stereocenters. The molecule has 1 aromatic carbocycles. The number of carbonyl (C=O) groups is 1. The number of aryl methyl sites for hydroxylation is 1. The molecule has 0 aliphatic heterocycles. The Labute approximate surface area is 132 Å². The molecule has 1 aromatic rings. The molecule has 1 atom stereocenters. The number of carbonyl (C=O) groups excluding carboxylic acids is 1. The van der Waals surface area contributed by atoms with Gasteiger partial charge >= 0.3 is 0 Å². The summed E-state index contributed by atoms with van der Waals surface area (Å²) in [6.07, 6.45) is 8.65. The smallest absolute Gasteiger partial charge is 0.236 e. The number of hydrogen-bond donors (Lipinski definition) is 2. The standard InChI is InChI=1S/C17H26N2OS/c1-21-17(11-5-6-12-17)13-19-16(20)15(18)10-9-14-7-3-2-4-8-14/h2-4,7-8,15H,5-6,9-13,18H2,1H3,(H,19,20)/t15-/m0/s1. The molecule has 0 spiro atoms. The van der Waals surface area contributed by atoms with Gasteiger partial charge in [0.25, 0.3) is 0 Å². The normalized spacial score (nSPS) is 18.4. The molecule has 1 aliphatic rings. The summed E-state index contributed by atoms with van der Waals surface area (Å²) in [7, 11) is 0. The summed E-state index contributed by atoms with van der Waals surface area (Å²) in [5.41, 5.74) is 7.25. The van der Waals surface area contributed by atoms with Crippen molar-refractivity contribution in [3.8, 4) is 0 Å². The zero-order valence-electron chi connectivity index (χ0n) is 12.8. The quantitative estimate of drug-likeness (QED) is 0.814. The molecule has 3 N–H and O–H groups in total. The van der Waals surface area contributed by atoms with Gasteiger partial charge in [-0.1, -0.05) is 43.2 Å². The van der Waals surface area contributed by atoms with Crippen molar-refractivity contribution in [3.63, 3.8) is 0 Å². The van der Waals surface area contributed by atoms with Crippen LogP contribution in [0.25, 0.3) is 0 Å². The SMILES string of the molecule is CSC1(CNC(=O)[C@@H](N)CCc2ccccc2)CCCC1. The largest absolute Gasteiger partial charge is 0.353 e. The maximum atomic E-state index is 12.1. The van der Waals surface area contributed by atoms with Crippen LogP contribution in [0.4, 0.5) is 0 Å². The Balaban J connectivity index is 1.75. The number of thioether (sulfide) groups is 1. The fraction of sp³-hybridized carbons (Fsp3) is 0.588. The summed E-state index contributed by atoms with van der Waals surface area (Å²) in [5, 5.41) is 3.07. The maximum absolute atomic E-state index is 12.1. The van der Waals surface area contributed by atoms with Crippen molar-refractivity contribution >= 4 is 17.7 Å². The lowest BCUT2D eigenvalue weighted by Crippen LogP contribution is -2.46. The number of amides is 1. The van der Waals surface area contributed by atoms with Crippen LogP contribution < -0.4 is 11.1 Å². The van der Waals surface area contributed by atoms with Gasteiger partial charge in [0.05, 0.1) is 6.04 Å². The molecule has 3 nitrogen and oxygen atoms in total. The van der Waals surface area contributed by atoms with Gasteiger partial charge in [0.15, 0.2) is 0 Å². The van der Waals surface area contributed by atoms with Crippen LogP contribution >= 0.6 is 11.8 Å². The minimum Gasteiger partial charge on any atom is -0.353 e. The fourth-order valence-corrected chi connectivity index (χ4v) is 3.86. The first-order valence-corrected chi connectivity index (χ1v) is 9.00. The van der Waals surface area contributed by atoms with Gasteiger partial charge in [-0.15, -0.1) is 0 Å². The third kappa shape index (κ3) is 4.75. The van der Waals surface area contributed by atoms with Gasteiger partial charge in [-0.05, 0) is 37.5 Å². The molecule has 21 heavy (non-hydrogen) atoms. The molecule has 116 valence electrons. The first-order valence-electron chi connectivity index (χ1n) is 7.78. The van der Waals surface area contributed by atoms with Crippen LogP contribution in [0.2, 0.25) is 0 Å². The van der Waals surface area contributed by atoms with Crippen molar-refractivity contribution in [2.75, 3.05) is 12.8 Å². The number of nitrogens with one attached hydrogen (secondary N) is 1. The Morgan fingerprint density at radius 1 is 1.33 bits per heavy atom. The van der Waals surface area contributed by atoms with Crippen LogP contribution in [-0.4, -0.2) is 29.5 Å². The van der Waals surface area contributed by atoms with Crippen LogP contribution in [0.1, 0.15) is 37.7 Å². The summed E-state index contributed by atoms with van der Waals surface area (Å²) in [5.74, 6) is -0.00810. The zero-order chi connectivity index (χ0) is 15.1. The van der Waals surface area contributed by atoms with Crippen molar-refractivity contribution in [3.05, 3.63) is 35.9 Å². The van der Waals surface area contributed by atoms with Crippen LogP contribution in [0.5, 0.6) is 0 Å². The van der Waals surface area contributed by atoms with Gasteiger partial charge in [0, 0.05) is 11.3 Å². The molecule has 0 radical (unpaired) electrons. The summed E-state index contributed by atoms with van der Waals surface area (Å²) < 4.78 is 0.245. The topological polar surface area (TPSA) is 55.1 Å². The van der Waals surface area contributed by atoms with E-state index in [4.69, 9.17) is 5.73 Å². The minimum atomic E-state index is -0.412. The van der Waals surface area contributed by atoms with Crippen molar-refractivity contribution in [2.45, 2.75) is 49.3 Å². The van der Waals surface area contributed by atoms with Gasteiger partial charge in [-0.3, -0.25) is 4.79 Å². The van der Waals surface area contributed by atoms with E-state index in [9.17, 15) is 4.79 Å². The molecule has 4 heteroatoms. The Morgan fingerprint density at radius 2 is 2.00 bits per heavy atom. The van der Waals surface area contributed by atoms with Gasteiger partial charge in [-0.25, -0.2) is 0 Å². The molecule has 1 amide bonds. The highest BCUT2D eigenvalue weighted by Crippen LogP contribution is 2.39. The second-order valence-corrected chi connectivity index (χ2v) is 7.22. The lowest BCUT2D eigenvalue weighted by molar-refractivity contribution is -0.122. The van der Waals surface area contributed by atoms with Gasteiger partial charge in [0.1, 0.15) is 0 Å². The van der Waals surface area contributed by atoms with E-state index >= 15 is 0 Å². The van der Waals surface area contributed by atoms with E-state index in [2.05, 4.69) is 23.7 Å². The summed E-state index contributed by atoms with van der Waals surface area (Å²) in [6.45, 7) is 0.756. The van der Waals surface area contributed by atoms with E-state index in [1.54, 1.807) is 0 Å². The van der Waals surface area contributed by atoms with E-state index in [0.29, 0.717) is 6.42 Å². The van der Waals surface area contributed by atoms with Crippen molar-refractivity contribution in [2.24, 2.45) is 5.73 Å². The van der Waals surface area contributed by atoms with Gasteiger partial charge < -0.3 is 11.1 Å². The lowest BCUT2D eigenvalue weighted by atomic mass is 10.0. The third-order valence-electron chi connectivity index (χ3n) is 4.46. The lowest BCUT2D eigenvalue weighted by Gasteiger charge is -2.27. The highest BCUT2D eigenvalue weighted by molar-refractivity contribution is 8.00. The zero-order valence-corrected chi connectivity index (χ0v) is 13.6. The first-order chi connectivity index (χ1) is 10.2. The van der Waals surface area contributed by atoms with Gasteiger partial charge in [0.2, 0.25) is 5.91 Å². The second kappa shape index (κ2) is 7.85. The molecule has 0 aromatic heterocycles. The molecular weight excluding hydrogens is 280 g/mol. The van der Waals surface area contributed by atoms with Crippen LogP contribution in [-0.2, 0) is 11.2 Å². The molecular formula is C17H26N2OS. The van der Waals surface area contributed by atoms with Crippen LogP contribution in [0, 0.1) is 0 Å². The second-order valence-electron chi connectivity index (χ2n) is 5.94. The fourth-order valence-electron chi connectivity index (χ4n) is 2.95. The average Bonchev–Trinajstić information content (AvgIpc) is 3.01. The predicted octanol–water partition coefficient (Wildman–Crippen LogP) is 2.74. The predicted molar refractivity (Wildman–Crippen MR) is 90.5 cm³/mol. The van der Waals surface area contributed by atoms with Crippen molar-refractivity contribution < 1.29 is 4.79 Å². The third-order valence-corrected chi connectivity index (χ3v) is 5.87. The number of rotatable bonds is 7. The first kappa shape index (κ1) is 16.4. The number of nitrogens with two attached hydrogens (primary N) is 1. The van der Waals surface area contributed by atoms with E-state index in [1.807, 2.05) is 30.0 Å². The highest BCUT2D eigenvalue weighted by Gasteiger charge is 2.33. The van der Waals surface area contributed by atoms with E-state index in [1.165, 1.54) is 31.2 Å². The number of hydrogen-bond acceptors (Lipinski definition) is 3. The summed E-state index contributed by atoms with van der Waals surface area (Å²) in [4.78, 5) is 12.1. The number of benzene rings is 1. The van der Waals surface area contributed by atoms with E-state index in [0.717, 1.165) is 13.0 Å². The van der Waals surface area contributed by atoms with Crippen molar-refractivity contribution in [1.29, 1.82) is 0 Å². The molecule has 1 fully saturated rings. The minimum absolute atomic E-state index is 0.00810. The Hall–Kier alpha value is -1.00.